The van der Waals surface area contributed by atoms with Gasteiger partial charge >= 0.3 is 0 Å². The molecule has 1 aliphatic rings. The van der Waals surface area contributed by atoms with Gasteiger partial charge in [0.1, 0.15) is 0 Å². The zero-order chi connectivity index (χ0) is 17.6. The van der Waals surface area contributed by atoms with Crippen LogP contribution in [0.1, 0.15) is 28.5 Å². The lowest BCUT2D eigenvalue weighted by Crippen LogP contribution is -2.52. The molecule has 1 N–H and O–H groups in total. The van der Waals surface area contributed by atoms with Crippen LogP contribution in [-0.4, -0.2) is 47.6 Å². The molecule has 0 radical (unpaired) electrons. The molecule has 25 heavy (non-hydrogen) atoms. The normalized spacial score (nSPS) is 19.4. The Morgan fingerprint density at radius 2 is 2.12 bits per heavy atom. The smallest absolute Gasteiger partial charge is 0.253 e. The van der Waals surface area contributed by atoms with E-state index in [-0.39, 0.29) is 18.1 Å². The number of carbonyl (C=O) groups is 1. The van der Waals surface area contributed by atoms with Gasteiger partial charge in [-0.25, -0.2) is 0 Å². The summed E-state index contributed by atoms with van der Waals surface area (Å²) in [6.45, 7) is 7.21. The molecule has 1 saturated heterocycles. The predicted molar refractivity (Wildman–Crippen MR) is 97.4 cm³/mol. The van der Waals surface area contributed by atoms with E-state index in [9.17, 15) is 4.79 Å². The number of pyridine rings is 1. The van der Waals surface area contributed by atoms with Crippen LogP contribution in [0.25, 0.3) is 0 Å². The second-order valence-corrected chi connectivity index (χ2v) is 6.58. The van der Waals surface area contributed by atoms with Gasteiger partial charge in [0.25, 0.3) is 5.91 Å². The number of carbonyl (C=O) groups excluding carboxylic acids is 1. The van der Waals surface area contributed by atoms with Gasteiger partial charge < -0.3 is 10.1 Å². The maximum absolute atomic E-state index is 12.4. The van der Waals surface area contributed by atoms with Crippen LogP contribution in [0, 0.1) is 6.92 Å². The standard InChI is InChI=1S/C20H25N3O2/c1-15-8-9-18(12-21-15)20(24)22-16(2)19-14-23(10-11-25-19)13-17-6-4-3-5-7-17/h3-9,12,16,19H,10-11,13-14H2,1-2H3,(H,22,24)/t16-,19-/m1/s1. The van der Waals surface area contributed by atoms with Crippen molar-refractivity contribution >= 4 is 5.91 Å². The van der Waals surface area contributed by atoms with Crippen molar-refractivity contribution in [2.24, 2.45) is 0 Å². The molecule has 2 aromatic rings. The summed E-state index contributed by atoms with van der Waals surface area (Å²) < 4.78 is 5.89. The number of aryl methyl sites for hydroxylation is 1. The Labute approximate surface area is 149 Å². The summed E-state index contributed by atoms with van der Waals surface area (Å²) in [6, 6.07) is 14.0. The van der Waals surface area contributed by atoms with Crippen LogP contribution in [0.4, 0.5) is 0 Å². The topological polar surface area (TPSA) is 54.5 Å². The Morgan fingerprint density at radius 1 is 1.32 bits per heavy atom. The summed E-state index contributed by atoms with van der Waals surface area (Å²) in [5.74, 6) is -0.108. The number of aromatic nitrogens is 1. The highest BCUT2D eigenvalue weighted by atomic mass is 16.5. The van der Waals surface area contributed by atoms with Crippen LogP contribution in [0.2, 0.25) is 0 Å². The summed E-state index contributed by atoms with van der Waals surface area (Å²) in [5, 5.41) is 3.04. The van der Waals surface area contributed by atoms with E-state index in [1.165, 1.54) is 5.56 Å². The zero-order valence-corrected chi connectivity index (χ0v) is 14.8. The van der Waals surface area contributed by atoms with Crippen LogP contribution in [0.15, 0.2) is 48.7 Å². The van der Waals surface area contributed by atoms with E-state index in [1.54, 1.807) is 12.3 Å². The number of amides is 1. The number of morpholine rings is 1. The molecule has 0 saturated carbocycles. The Kier molecular flexibility index (Phi) is 5.79. The van der Waals surface area contributed by atoms with Gasteiger partial charge in [-0.15, -0.1) is 0 Å². The average Bonchev–Trinajstić information content (AvgIpc) is 2.63. The SMILES string of the molecule is Cc1ccc(C(=O)N[C@H](C)[C@H]2CN(Cc3ccccc3)CCO2)cn1. The Morgan fingerprint density at radius 3 is 2.84 bits per heavy atom. The molecule has 1 fully saturated rings. The second-order valence-electron chi connectivity index (χ2n) is 6.58. The first-order valence-electron chi connectivity index (χ1n) is 8.73. The van der Waals surface area contributed by atoms with Crippen LogP contribution in [-0.2, 0) is 11.3 Å². The van der Waals surface area contributed by atoms with E-state index < -0.39 is 0 Å². The number of rotatable bonds is 5. The van der Waals surface area contributed by atoms with Crippen molar-refractivity contribution in [1.82, 2.24) is 15.2 Å². The van der Waals surface area contributed by atoms with Crippen molar-refractivity contribution in [2.75, 3.05) is 19.7 Å². The Bertz CT molecular complexity index is 688. The van der Waals surface area contributed by atoms with E-state index in [4.69, 9.17) is 4.74 Å². The van der Waals surface area contributed by atoms with Gasteiger partial charge in [0.2, 0.25) is 0 Å². The lowest BCUT2D eigenvalue weighted by molar-refractivity contribution is -0.0449. The van der Waals surface area contributed by atoms with Crippen molar-refractivity contribution < 1.29 is 9.53 Å². The van der Waals surface area contributed by atoms with Gasteiger partial charge in [0, 0.05) is 31.5 Å². The fourth-order valence-corrected chi connectivity index (χ4v) is 3.00. The minimum absolute atomic E-state index is 0.0141. The average molecular weight is 339 g/mol. The van der Waals surface area contributed by atoms with Gasteiger partial charge in [0.15, 0.2) is 0 Å². The minimum Gasteiger partial charge on any atom is -0.373 e. The molecule has 5 nitrogen and oxygen atoms in total. The minimum atomic E-state index is -0.108. The molecule has 1 aromatic heterocycles. The first-order valence-corrected chi connectivity index (χ1v) is 8.73. The molecule has 132 valence electrons. The zero-order valence-electron chi connectivity index (χ0n) is 14.8. The molecule has 0 spiro atoms. The van der Waals surface area contributed by atoms with Gasteiger partial charge in [-0.1, -0.05) is 30.3 Å². The highest BCUT2D eigenvalue weighted by Gasteiger charge is 2.26. The molecular weight excluding hydrogens is 314 g/mol. The first kappa shape index (κ1) is 17.6. The number of nitrogens with one attached hydrogen (secondary N) is 1. The molecule has 2 atom stereocenters. The number of benzene rings is 1. The molecule has 2 heterocycles. The quantitative estimate of drug-likeness (QED) is 0.909. The molecule has 1 amide bonds. The third-order valence-electron chi connectivity index (χ3n) is 4.52. The van der Waals surface area contributed by atoms with Crippen molar-refractivity contribution in [3.8, 4) is 0 Å². The Balaban J connectivity index is 1.55. The highest BCUT2D eigenvalue weighted by Crippen LogP contribution is 2.13. The van der Waals surface area contributed by atoms with Gasteiger partial charge in [-0.3, -0.25) is 14.7 Å². The summed E-state index contributed by atoms with van der Waals surface area (Å²) in [5.41, 5.74) is 2.77. The lowest BCUT2D eigenvalue weighted by Gasteiger charge is -2.36. The third-order valence-corrected chi connectivity index (χ3v) is 4.52. The van der Waals surface area contributed by atoms with Crippen molar-refractivity contribution in [3.63, 3.8) is 0 Å². The van der Waals surface area contributed by atoms with E-state index in [0.29, 0.717) is 12.2 Å². The third kappa shape index (κ3) is 4.87. The summed E-state index contributed by atoms with van der Waals surface area (Å²) >= 11 is 0. The number of hydrogen-bond donors (Lipinski definition) is 1. The largest absolute Gasteiger partial charge is 0.373 e. The fourth-order valence-electron chi connectivity index (χ4n) is 3.00. The van der Waals surface area contributed by atoms with E-state index in [0.717, 1.165) is 25.3 Å². The van der Waals surface area contributed by atoms with Crippen LogP contribution in [0.3, 0.4) is 0 Å². The molecule has 0 aliphatic carbocycles. The predicted octanol–water partition coefficient (Wildman–Crippen LogP) is 2.41. The van der Waals surface area contributed by atoms with E-state index in [2.05, 4.69) is 39.5 Å². The van der Waals surface area contributed by atoms with Crippen LogP contribution < -0.4 is 5.32 Å². The Hall–Kier alpha value is -2.24. The number of nitrogens with zero attached hydrogens (tertiary/aromatic N) is 2. The van der Waals surface area contributed by atoms with Crippen LogP contribution >= 0.6 is 0 Å². The van der Waals surface area contributed by atoms with Crippen molar-refractivity contribution in [3.05, 3.63) is 65.5 Å². The summed E-state index contributed by atoms with van der Waals surface area (Å²) in [4.78, 5) is 18.9. The molecule has 1 aromatic carbocycles. The van der Waals surface area contributed by atoms with E-state index >= 15 is 0 Å². The molecule has 0 unspecified atom stereocenters. The molecular formula is C20H25N3O2. The highest BCUT2D eigenvalue weighted by molar-refractivity contribution is 5.94. The summed E-state index contributed by atoms with van der Waals surface area (Å²) in [6.07, 6.45) is 1.60. The maximum Gasteiger partial charge on any atom is 0.253 e. The van der Waals surface area contributed by atoms with Crippen molar-refractivity contribution in [1.29, 1.82) is 0 Å². The molecule has 1 aliphatic heterocycles. The first-order chi connectivity index (χ1) is 12.1. The lowest BCUT2D eigenvalue weighted by atomic mass is 10.1. The van der Waals surface area contributed by atoms with Crippen LogP contribution in [0.5, 0.6) is 0 Å². The van der Waals surface area contributed by atoms with Crippen molar-refractivity contribution in [2.45, 2.75) is 32.5 Å². The number of hydrogen-bond acceptors (Lipinski definition) is 4. The second kappa shape index (κ2) is 8.23. The maximum atomic E-state index is 12.4. The van der Waals surface area contributed by atoms with Gasteiger partial charge in [-0.05, 0) is 31.5 Å². The number of ether oxygens (including phenoxy) is 1. The molecule has 0 bridgehead atoms. The molecule has 3 rings (SSSR count). The van der Waals surface area contributed by atoms with Gasteiger partial charge in [-0.2, -0.15) is 0 Å². The molecule has 5 heteroatoms. The fraction of sp³-hybridized carbons (Fsp3) is 0.400. The van der Waals surface area contributed by atoms with Gasteiger partial charge in [0.05, 0.1) is 24.3 Å². The monoisotopic (exact) mass is 339 g/mol. The van der Waals surface area contributed by atoms with E-state index in [1.807, 2.05) is 26.0 Å². The summed E-state index contributed by atoms with van der Waals surface area (Å²) in [7, 11) is 0.